The fourth-order valence-corrected chi connectivity index (χ4v) is 6.24. The van der Waals surface area contributed by atoms with Crippen molar-refractivity contribution in [3.8, 4) is 11.4 Å². The van der Waals surface area contributed by atoms with Crippen LogP contribution in [0.5, 0.6) is 5.75 Å². The molecule has 3 heterocycles. The van der Waals surface area contributed by atoms with Crippen LogP contribution in [-0.2, 0) is 10.0 Å². The third-order valence-electron chi connectivity index (χ3n) is 7.00. The number of carbonyl (C=O) groups is 1. The first-order chi connectivity index (χ1) is 19.5. The molecule has 0 amide bonds. The molecule has 5 rings (SSSR count). The number of pyridine rings is 1. The van der Waals surface area contributed by atoms with Gasteiger partial charge < -0.3 is 24.6 Å². The molecule has 2 atom stereocenters. The molecule has 0 unspecified atom stereocenters. The number of aryl methyl sites for hydroxylation is 1. The summed E-state index contributed by atoms with van der Waals surface area (Å²) in [5.41, 5.74) is 5.52. The number of benzene rings is 2. The standard InChI is InChI=1S/C29H29N5O5S2/c1-17-14-22(18(2)33(17)20-9-7-8-19(15-20)28(35)36)27-26(24-10-5-6-13-30-24)31-29(40)34(27)21-11-12-23(25(16-21)39-3)32-41(4,37)38/h5-16,26-27,32H,1-4H3,(H,31,40)(H,35,36)/t26-,27-/m0/s1. The van der Waals surface area contributed by atoms with E-state index in [0.29, 0.717) is 22.2 Å². The molecular formula is C29H29N5O5S2. The number of anilines is 2. The highest BCUT2D eigenvalue weighted by Crippen LogP contribution is 2.45. The van der Waals surface area contributed by atoms with E-state index in [4.69, 9.17) is 17.0 Å². The summed E-state index contributed by atoms with van der Waals surface area (Å²) in [5, 5.41) is 13.5. The molecule has 2 aromatic heterocycles. The number of aromatic carboxylic acids is 1. The van der Waals surface area contributed by atoms with E-state index in [2.05, 4.69) is 21.1 Å². The average molecular weight is 592 g/mol. The fraction of sp³-hybridized carbons (Fsp3) is 0.207. The van der Waals surface area contributed by atoms with Crippen LogP contribution in [0.4, 0.5) is 11.4 Å². The molecule has 12 heteroatoms. The Balaban J connectivity index is 1.67. The van der Waals surface area contributed by atoms with E-state index in [1.807, 2.05) is 47.6 Å². The van der Waals surface area contributed by atoms with Gasteiger partial charge in [0.2, 0.25) is 10.0 Å². The van der Waals surface area contributed by atoms with Crippen LogP contribution >= 0.6 is 12.2 Å². The van der Waals surface area contributed by atoms with Gasteiger partial charge in [-0.15, -0.1) is 0 Å². The number of hydrogen-bond acceptors (Lipinski definition) is 6. The number of sulfonamides is 1. The molecule has 1 aliphatic heterocycles. The van der Waals surface area contributed by atoms with Crippen LogP contribution in [-0.4, -0.2) is 47.5 Å². The lowest BCUT2D eigenvalue weighted by Gasteiger charge is -2.29. The van der Waals surface area contributed by atoms with Gasteiger partial charge in [0, 0.05) is 35.0 Å². The fourth-order valence-electron chi connectivity index (χ4n) is 5.33. The van der Waals surface area contributed by atoms with Crippen molar-refractivity contribution in [3.63, 3.8) is 0 Å². The summed E-state index contributed by atoms with van der Waals surface area (Å²) in [6.45, 7) is 3.96. The van der Waals surface area contributed by atoms with E-state index in [9.17, 15) is 18.3 Å². The topological polar surface area (TPSA) is 126 Å². The zero-order valence-corrected chi connectivity index (χ0v) is 24.5. The molecule has 0 saturated carbocycles. The Labute approximate surface area is 243 Å². The second-order valence-corrected chi connectivity index (χ2v) is 11.9. The molecule has 2 aromatic carbocycles. The van der Waals surface area contributed by atoms with Crippen molar-refractivity contribution in [2.24, 2.45) is 0 Å². The first-order valence-electron chi connectivity index (χ1n) is 12.7. The molecule has 10 nitrogen and oxygen atoms in total. The van der Waals surface area contributed by atoms with Gasteiger partial charge in [0.25, 0.3) is 0 Å². The lowest BCUT2D eigenvalue weighted by Crippen LogP contribution is -2.29. The van der Waals surface area contributed by atoms with Gasteiger partial charge in [-0.05, 0) is 80.2 Å². The van der Waals surface area contributed by atoms with Crippen LogP contribution in [0.2, 0.25) is 0 Å². The van der Waals surface area contributed by atoms with Crippen molar-refractivity contribution < 1.29 is 23.1 Å². The number of aromatic nitrogens is 2. The molecule has 41 heavy (non-hydrogen) atoms. The van der Waals surface area contributed by atoms with Gasteiger partial charge in [-0.2, -0.15) is 0 Å². The summed E-state index contributed by atoms with van der Waals surface area (Å²) in [4.78, 5) is 18.3. The predicted molar refractivity (Wildman–Crippen MR) is 162 cm³/mol. The lowest BCUT2D eigenvalue weighted by molar-refractivity contribution is 0.0697. The van der Waals surface area contributed by atoms with Crippen molar-refractivity contribution in [2.45, 2.75) is 25.9 Å². The zero-order chi connectivity index (χ0) is 29.5. The summed E-state index contributed by atoms with van der Waals surface area (Å²) < 4.78 is 33.8. The minimum absolute atomic E-state index is 0.197. The number of nitrogens with zero attached hydrogens (tertiary/aromatic N) is 3. The SMILES string of the molecule is COc1cc(N2C(=S)N[C@@H](c3ccccn3)[C@@H]2c2cc(C)n(-c3cccc(C(=O)O)c3)c2C)ccc1NS(C)(=O)=O. The molecule has 212 valence electrons. The van der Waals surface area contributed by atoms with E-state index in [1.165, 1.54) is 7.11 Å². The Morgan fingerprint density at radius 1 is 1.07 bits per heavy atom. The number of ether oxygens (including phenoxy) is 1. The van der Waals surface area contributed by atoms with Gasteiger partial charge in [-0.1, -0.05) is 12.1 Å². The van der Waals surface area contributed by atoms with Gasteiger partial charge in [-0.3, -0.25) is 9.71 Å². The maximum atomic E-state index is 11.9. The summed E-state index contributed by atoms with van der Waals surface area (Å²) in [6, 6.07) is 19.1. The van der Waals surface area contributed by atoms with Crippen LogP contribution < -0.4 is 19.7 Å². The van der Waals surface area contributed by atoms with Crippen molar-refractivity contribution >= 4 is 44.7 Å². The normalized spacial score (nSPS) is 16.9. The van der Waals surface area contributed by atoms with Crippen LogP contribution in [0.3, 0.4) is 0 Å². The quantitative estimate of drug-likeness (QED) is 0.249. The number of thiocarbonyl (C=S) groups is 1. The van der Waals surface area contributed by atoms with Crippen molar-refractivity contribution in [1.29, 1.82) is 0 Å². The first kappa shape index (κ1) is 28.1. The second-order valence-electron chi connectivity index (χ2n) is 9.77. The van der Waals surface area contributed by atoms with Gasteiger partial charge >= 0.3 is 5.97 Å². The molecular weight excluding hydrogens is 562 g/mol. The average Bonchev–Trinajstić information content (AvgIpc) is 3.43. The van der Waals surface area contributed by atoms with Gasteiger partial charge in [0.1, 0.15) is 5.75 Å². The number of carboxylic acid groups (broad SMARTS) is 1. The molecule has 1 saturated heterocycles. The lowest BCUT2D eigenvalue weighted by atomic mass is 9.96. The van der Waals surface area contributed by atoms with Crippen molar-refractivity contribution in [2.75, 3.05) is 23.0 Å². The van der Waals surface area contributed by atoms with Crippen molar-refractivity contribution in [3.05, 3.63) is 101 Å². The first-order valence-corrected chi connectivity index (χ1v) is 15.0. The van der Waals surface area contributed by atoms with E-state index in [-0.39, 0.29) is 17.6 Å². The number of hydrogen-bond donors (Lipinski definition) is 3. The zero-order valence-electron chi connectivity index (χ0n) is 22.8. The van der Waals surface area contributed by atoms with Crippen LogP contribution in [0.1, 0.15) is 45.1 Å². The number of methoxy groups -OCH3 is 1. The third kappa shape index (κ3) is 5.48. The molecule has 0 spiro atoms. The second kappa shape index (κ2) is 10.9. The Bertz CT molecular complexity index is 1750. The third-order valence-corrected chi connectivity index (χ3v) is 7.90. The van der Waals surface area contributed by atoms with E-state index >= 15 is 0 Å². The number of carboxylic acids is 1. The maximum Gasteiger partial charge on any atom is 0.335 e. The Kier molecular flexibility index (Phi) is 7.45. The maximum absolute atomic E-state index is 11.9. The molecule has 4 aromatic rings. The summed E-state index contributed by atoms with van der Waals surface area (Å²) in [5.74, 6) is -0.657. The minimum Gasteiger partial charge on any atom is -0.494 e. The van der Waals surface area contributed by atoms with E-state index < -0.39 is 16.0 Å². The minimum atomic E-state index is -3.52. The smallest absolute Gasteiger partial charge is 0.335 e. The molecule has 3 N–H and O–H groups in total. The predicted octanol–water partition coefficient (Wildman–Crippen LogP) is 4.74. The molecule has 0 bridgehead atoms. The molecule has 1 fully saturated rings. The highest BCUT2D eigenvalue weighted by atomic mass is 32.2. The number of rotatable bonds is 8. The van der Waals surface area contributed by atoms with Gasteiger partial charge in [-0.25, -0.2) is 13.2 Å². The highest BCUT2D eigenvalue weighted by molar-refractivity contribution is 7.92. The van der Waals surface area contributed by atoms with Gasteiger partial charge in [0.15, 0.2) is 5.11 Å². The van der Waals surface area contributed by atoms with Gasteiger partial charge in [0.05, 0.1) is 42.4 Å². The highest BCUT2D eigenvalue weighted by Gasteiger charge is 2.42. The number of nitrogens with one attached hydrogen (secondary N) is 2. The Morgan fingerprint density at radius 3 is 2.51 bits per heavy atom. The Morgan fingerprint density at radius 2 is 1.85 bits per heavy atom. The summed E-state index contributed by atoms with van der Waals surface area (Å²) in [7, 11) is -2.05. The molecule has 1 aliphatic rings. The van der Waals surface area contributed by atoms with E-state index in [1.54, 1.807) is 42.6 Å². The Hall–Kier alpha value is -4.42. The molecule has 0 aliphatic carbocycles. The van der Waals surface area contributed by atoms with Crippen LogP contribution in [0.25, 0.3) is 5.69 Å². The summed E-state index contributed by atoms with van der Waals surface area (Å²) in [6.07, 6.45) is 2.81. The van der Waals surface area contributed by atoms with Crippen LogP contribution in [0.15, 0.2) is 72.9 Å². The molecule has 0 radical (unpaired) electrons. The monoisotopic (exact) mass is 591 g/mol. The largest absolute Gasteiger partial charge is 0.494 e. The van der Waals surface area contributed by atoms with E-state index in [0.717, 1.165) is 34.6 Å². The summed E-state index contributed by atoms with van der Waals surface area (Å²) >= 11 is 5.86. The van der Waals surface area contributed by atoms with Crippen LogP contribution in [0, 0.1) is 13.8 Å². The van der Waals surface area contributed by atoms with Crippen molar-refractivity contribution in [1.82, 2.24) is 14.9 Å².